The Morgan fingerprint density at radius 3 is 2.90 bits per heavy atom. The standard InChI is InChI=1S/C10H5Br2N5O3S/c11-5-1-7(21-4-5)9-13-8(20-15-9)3-16-2-6(12)10(14-16)17(18)19/h1-2,4H,3H2. The van der Waals surface area contributed by atoms with Crippen LogP contribution in [0.3, 0.4) is 0 Å². The summed E-state index contributed by atoms with van der Waals surface area (Å²) >= 11 is 7.92. The quantitative estimate of drug-likeness (QED) is 0.460. The lowest BCUT2D eigenvalue weighted by molar-refractivity contribution is -0.390. The van der Waals surface area contributed by atoms with Crippen molar-refractivity contribution in [2.75, 3.05) is 0 Å². The average Bonchev–Trinajstić information content (AvgIpc) is 3.10. The first kappa shape index (κ1) is 14.4. The number of thiophene rings is 1. The van der Waals surface area contributed by atoms with Gasteiger partial charge in [-0.3, -0.25) is 0 Å². The SMILES string of the molecule is O=[N+]([O-])c1nn(Cc2nc(-c3cc(Br)cs3)no2)cc1Br. The Morgan fingerprint density at radius 1 is 1.48 bits per heavy atom. The first-order valence-corrected chi connectivity index (χ1v) is 7.94. The van der Waals surface area contributed by atoms with Crippen LogP contribution in [0.4, 0.5) is 5.82 Å². The van der Waals surface area contributed by atoms with Crippen molar-refractivity contribution in [3.05, 3.63) is 42.6 Å². The Labute approximate surface area is 138 Å². The Morgan fingerprint density at radius 2 is 2.29 bits per heavy atom. The van der Waals surface area contributed by atoms with E-state index >= 15 is 0 Å². The van der Waals surface area contributed by atoms with E-state index in [-0.39, 0.29) is 12.4 Å². The van der Waals surface area contributed by atoms with Crippen LogP contribution in [0.1, 0.15) is 5.89 Å². The lowest BCUT2D eigenvalue weighted by atomic mass is 10.4. The summed E-state index contributed by atoms with van der Waals surface area (Å²) in [5, 5.41) is 20.3. The van der Waals surface area contributed by atoms with Crippen molar-refractivity contribution in [1.82, 2.24) is 19.9 Å². The van der Waals surface area contributed by atoms with Crippen LogP contribution in [0.2, 0.25) is 0 Å². The third kappa shape index (κ3) is 3.04. The molecule has 0 atom stereocenters. The van der Waals surface area contributed by atoms with Crippen molar-refractivity contribution < 1.29 is 9.45 Å². The summed E-state index contributed by atoms with van der Waals surface area (Å²) in [5.74, 6) is 0.540. The highest BCUT2D eigenvalue weighted by Crippen LogP contribution is 2.28. The molecule has 21 heavy (non-hydrogen) atoms. The van der Waals surface area contributed by atoms with E-state index in [1.165, 1.54) is 22.2 Å². The molecule has 3 aromatic rings. The number of rotatable bonds is 4. The summed E-state index contributed by atoms with van der Waals surface area (Å²) in [5.41, 5.74) is 0. The topological polar surface area (TPSA) is 99.9 Å². The van der Waals surface area contributed by atoms with Gasteiger partial charge < -0.3 is 14.6 Å². The van der Waals surface area contributed by atoms with Crippen molar-refractivity contribution in [3.8, 4) is 10.7 Å². The van der Waals surface area contributed by atoms with Gasteiger partial charge in [0.2, 0.25) is 5.82 Å². The summed E-state index contributed by atoms with van der Waals surface area (Å²) in [6.45, 7) is 0.159. The molecule has 0 N–H and O–H groups in total. The van der Waals surface area contributed by atoms with Crippen LogP contribution in [0, 0.1) is 10.1 Å². The van der Waals surface area contributed by atoms with Gasteiger partial charge in [0.1, 0.15) is 11.0 Å². The molecule has 0 amide bonds. The highest BCUT2D eigenvalue weighted by molar-refractivity contribution is 9.10. The Kier molecular flexibility index (Phi) is 3.87. The van der Waals surface area contributed by atoms with Crippen LogP contribution in [-0.2, 0) is 6.54 Å². The monoisotopic (exact) mass is 433 g/mol. The minimum Gasteiger partial charge on any atom is -0.358 e. The number of nitro groups is 1. The van der Waals surface area contributed by atoms with Gasteiger partial charge in [-0.2, -0.15) is 9.67 Å². The number of aromatic nitrogens is 4. The number of halogens is 2. The summed E-state index contributed by atoms with van der Waals surface area (Å²) < 4.78 is 7.74. The maximum atomic E-state index is 10.7. The summed E-state index contributed by atoms with van der Waals surface area (Å²) in [7, 11) is 0. The minimum atomic E-state index is -0.566. The van der Waals surface area contributed by atoms with Gasteiger partial charge in [0.25, 0.3) is 5.89 Å². The summed E-state index contributed by atoms with van der Waals surface area (Å²) in [4.78, 5) is 15.3. The molecule has 3 heterocycles. The van der Waals surface area contributed by atoms with Crippen molar-refractivity contribution in [2.24, 2.45) is 0 Å². The molecular formula is C10H5Br2N5O3S. The first-order valence-electron chi connectivity index (χ1n) is 5.47. The second-order valence-electron chi connectivity index (χ2n) is 3.90. The minimum absolute atomic E-state index is 0.159. The van der Waals surface area contributed by atoms with Gasteiger partial charge in [-0.05, 0) is 42.8 Å². The van der Waals surface area contributed by atoms with Crippen LogP contribution in [0.15, 0.2) is 31.1 Å². The molecule has 8 nitrogen and oxygen atoms in total. The predicted octanol–water partition coefficient (Wildman–Crippen LogP) is 3.48. The maximum absolute atomic E-state index is 10.7. The predicted molar refractivity (Wildman–Crippen MR) is 81.0 cm³/mol. The fourth-order valence-electron chi connectivity index (χ4n) is 1.58. The van der Waals surface area contributed by atoms with E-state index in [1.807, 2.05) is 11.4 Å². The molecule has 108 valence electrons. The molecule has 3 rings (SSSR count). The van der Waals surface area contributed by atoms with Crippen LogP contribution >= 0.6 is 43.2 Å². The molecule has 11 heteroatoms. The van der Waals surface area contributed by atoms with E-state index in [0.717, 1.165) is 9.35 Å². The molecule has 0 unspecified atom stereocenters. The van der Waals surface area contributed by atoms with Crippen molar-refractivity contribution in [1.29, 1.82) is 0 Å². The van der Waals surface area contributed by atoms with Crippen LogP contribution in [0.25, 0.3) is 10.7 Å². The zero-order chi connectivity index (χ0) is 15.0. The molecule has 0 aliphatic heterocycles. The molecule has 0 bridgehead atoms. The smallest absolute Gasteiger partial charge is 0.358 e. The van der Waals surface area contributed by atoms with Gasteiger partial charge in [0, 0.05) is 9.85 Å². The van der Waals surface area contributed by atoms with Crippen molar-refractivity contribution in [2.45, 2.75) is 6.54 Å². The third-order valence-corrected chi connectivity index (χ3v) is 4.67. The molecule has 0 aromatic carbocycles. The normalized spacial score (nSPS) is 11.0. The molecule has 0 aliphatic carbocycles. The van der Waals surface area contributed by atoms with Gasteiger partial charge in [0.15, 0.2) is 0 Å². The fraction of sp³-hybridized carbons (Fsp3) is 0.100. The second-order valence-corrected chi connectivity index (χ2v) is 6.58. The third-order valence-electron chi connectivity index (χ3n) is 2.43. The average molecular weight is 435 g/mol. The number of hydrogen-bond acceptors (Lipinski definition) is 7. The van der Waals surface area contributed by atoms with Crippen LogP contribution in [-0.4, -0.2) is 24.8 Å². The zero-order valence-corrected chi connectivity index (χ0v) is 14.1. The molecule has 0 saturated heterocycles. The molecule has 3 aromatic heterocycles. The van der Waals surface area contributed by atoms with E-state index in [1.54, 1.807) is 0 Å². The van der Waals surface area contributed by atoms with Gasteiger partial charge in [0.05, 0.1) is 16.2 Å². The van der Waals surface area contributed by atoms with E-state index in [2.05, 4.69) is 47.1 Å². The molecule has 0 spiro atoms. The Hall–Kier alpha value is -1.59. The lowest BCUT2D eigenvalue weighted by Gasteiger charge is -1.88. The second kappa shape index (κ2) is 5.66. The van der Waals surface area contributed by atoms with Crippen molar-refractivity contribution >= 4 is 49.0 Å². The number of nitrogens with zero attached hydrogens (tertiary/aromatic N) is 5. The van der Waals surface area contributed by atoms with E-state index in [4.69, 9.17) is 4.52 Å². The van der Waals surface area contributed by atoms with Gasteiger partial charge in [-0.15, -0.1) is 11.3 Å². The Bertz CT molecular complexity index is 811. The molecule has 0 radical (unpaired) electrons. The summed E-state index contributed by atoms with van der Waals surface area (Å²) in [6, 6.07) is 1.88. The van der Waals surface area contributed by atoms with Gasteiger partial charge in [-0.25, -0.2) is 0 Å². The highest BCUT2D eigenvalue weighted by Gasteiger charge is 2.20. The molecule has 0 aliphatic rings. The fourth-order valence-corrected chi connectivity index (χ4v) is 3.39. The van der Waals surface area contributed by atoms with Gasteiger partial charge in [-0.1, -0.05) is 5.16 Å². The van der Waals surface area contributed by atoms with E-state index in [0.29, 0.717) is 16.2 Å². The van der Waals surface area contributed by atoms with E-state index < -0.39 is 4.92 Å². The zero-order valence-electron chi connectivity index (χ0n) is 10.1. The first-order chi connectivity index (χ1) is 10.0. The van der Waals surface area contributed by atoms with Crippen LogP contribution in [0.5, 0.6) is 0 Å². The maximum Gasteiger partial charge on any atom is 0.404 e. The number of hydrogen-bond donors (Lipinski definition) is 0. The van der Waals surface area contributed by atoms with Crippen molar-refractivity contribution in [3.63, 3.8) is 0 Å². The lowest BCUT2D eigenvalue weighted by Crippen LogP contribution is -2.01. The molecular weight excluding hydrogens is 430 g/mol. The summed E-state index contributed by atoms with van der Waals surface area (Å²) in [6.07, 6.45) is 1.49. The molecule has 0 fully saturated rings. The Balaban J connectivity index is 1.81. The molecule has 0 saturated carbocycles. The van der Waals surface area contributed by atoms with E-state index in [9.17, 15) is 10.1 Å². The highest BCUT2D eigenvalue weighted by atomic mass is 79.9. The van der Waals surface area contributed by atoms with Gasteiger partial charge >= 0.3 is 5.82 Å². The largest absolute Gasteiger partial charge is 0.404 e. The van der Waals surface area contributed by atoms with Crippen LogP contribution < -0.4 is 0 Å².